The maximum absolute atomic E-state index is 13.6. The Morgan fingerprint density at radius 3 is 2.06 bits per heavy atom. The minimum Gasteiger partial charge on any atom is -0.493 e. The van der Waals surface area contributed by atoms with Crippen molar-refractivity contribution >= 4 is 29.4 Å². The number of nitrogens with zero attached hydrogens (tertiary/aromatic N) is 4. The van der Waals surface area contributed by atoms with E-state index in [1.165, 1.54) is 0 Å². The number of aliphatic imine (C=N–C) groups is 1. The van der Waals surface area contributed by atoms with E-state index in [1.54, 1.807) is 20.3 Å². The van der Waals surface area contributed by atoms with Crippen LogP contribution in [0, 0.1) is 23.7 Å². The molecule has 284 valence electrons. The van der Waals surface area contributed by atoms with Gasteiger partial charge in [0.15, 0.2) is 23.0 Å². The van der Waals surface area contributed by atoms with Crippen LogP contribution in [0.25, 0.3) is 0 Å². The molecule has 2 saturated heterocycles. The second kappa shape index (κ2) is 15.6. The number of amides is 2. The van der Waals surface area contributed by atoms with Crippen LogP contribution < -0.4 is 23.8 Å². The van der Waals surface area contributed by atoms with Gasteiger partial charge >= 0.3 is 0 Å². The predicted molar refractivity (Wildman–Crippen MR) is 211 cm³/mol. The van der Waals surface area contributed by atoms with Crippen LogP contribution in [-0.2, 0) is 0 Å². The fraction of sp³-hybridized carbons (Fsp3) is 0.512. The number of hydrogen-bond donors (Lipinski definition) is 0. The Bertz CT molecular complexity index is 1810. The first kappa shape index (κ1) is 39.3. The molecular formula is C43H56N4O6. The van der Waals surface area contributed by atoms with Crippen molar-refractivity contribution in [3.05, 3.63) is 59.7 Å². The Balaban J connectivity index is 0.00000266. The van der Waals surface area contributed by atoms with Gasteiger partial charge in [0.25, 0.3) is 11.8 Å². The molecule has 2 fully saturated rings. The van der Waals surface area contributed by atoms with E-state index >= 15 is 0 Å². The molecule has 0 spiro atoms. The predicted octanol–water partition coefficient (Wildman–Crippen LogP) is 7.73. The summed E-state index contributed by atoms with van der Waals surface area (Å²) in [4.78, 5) is 37.6. The summed E-state index contributed by atoms with van der Waals surface area (Å²) >= 11 is 0. The fourth-order valence-electron chi connectivity index (χ4n) is 7.59. The van der Waals surface area contributed by atoms with Gasteiger partial charge in [-0.05, 0) is 62.0 Å². The third kappa shape index (κ3) is 8.19. The summed E-state index contributed by atoms with van der Waals surface area (Å²) in [6.45, 7) is 21.5. The molecule has 10 heteroatoms. The number of fused-ring (bicyclic) bond motifs is 4. The second-order valence-corrected chi connectivity index (χ2v) is 16.3. The van der Waals surface area contributed by atoms with Crippen molar-refractivity contribution in [1.29, 1.82) is 0 Å². The highest BCUT2D eigenvalue weighted by atomic mass is 16.5. The Morgan fingerprint density at radius 2 is 1.38 bits per heavy atom. The maximum Gasteiger partial charge on any atom is 0.257 e. The molecule has 0 N–H and O–H groups in total. The van der Waals surface area contributed by atoms with Gasteiger partial charge in [-0.15, -0.1) is 12.8 Å². The molecule has 4 aliphatic rings. The standard InChI is InChI=1S/C41H54N4O6.C2H2/c1-25-15-28-21-42-31-19-36(34(48-9)17-29(31)38(46)44(28)22-25)51-24-41(6,7)12-11-40(4,5)13-14-50-37-20-33-30(18-35(37)49-10)39(47)45-23-26(2)16-32(45)27(3)43(33)8;1-2/h17-21,27-28,32H,1-2,11-16,22-24H2,3-10H3;1-2H/t27?,28?,32-;/m0./s1. The van der Waals surface area contributed by atoms with Crippen LogP contribution in [0.4, 0.5) is 11.4 Å². The number of carbonyl (C=O) groups excluding carboxylic acids is 2. The lowest BCUT2D eigenvalue weighted by atomic mass is 9.78. The van der Waals surface area contributed by atoms with Crippen LogP contribution in [-0.4, -0.2) is 93.5 Å². The fourth-order valence-corrected chi connectivity index (χ4v) is 7.59. The maximum atomic E-state index is 13.6. The number of carbonyl (C=O) groups is 2. The average Bonchev–Trinajstić information content (AvgIpc) is 3.68. The molecule has 10 nitrogen and oxygen atoms in total. The molecule has 0 aliphatic carbocycles. The molecule has 6 rings (SSSR count). The molecule has 0 radical (unpaired) electrons. The molecular weight excluding hydrogens is 668 g/mol. The van der Waals surface area contributed by atoms with Crippen LogP contribution >= 0.6 is 0 Å². The van der Waals surface area contributed by atoms with Crippen LogP contribution in [0.5, 0.6) is 23.0 Å². The largest absolute Gasteiger partial charge is 0.493 e. The van der Waals surface area contributed by atoms with Gasteiger partial charge < -0.3 is 33.6 Å². The van der Waals surface area contributed by atoms with Gasteiger partial charge in [-0.3, -0.25) is 14.6 Å². The van der Waals surface area contributed by atoms with Crippen molar-refractivity contribution in [1.82, 2.24) is 9.80 Å². The van der Waals surface area contributed by atoms with E-state index < -0.39 is 0 Å². The minimum atomic E-state index is -0.132. The molecule has 0 saturated carbocycles. The first-order chi connectivity index (χ1) is 25.1. The van der Waals surface area contributed by atoms with E-state index in [9.17, 15) is 9.59 Å². The molecule has 53 heavy (non-hydrogen) atoms. The highest BCUT2D eigenvalue weighted by Crippen LogP contribution is 2.43. The molecule has 4 aliphatic heterocycles. The number of benzene rings is 2. The lowest BCUT2D eigenvalue weighted by Crippen LogP contribution is -2.45. The van der Waals surface area contributed by atoms with Crippen LogP contribution in [0.3, 0.4) is 0 Å². The summed E-state index contributed by atoms with van der Waals surface area (Å²) < 4.78 is 24.2. The molecule has 2 unspecified atom stereocenters. The van der Waals surface area contributed by atoms with Crippen LogP contribution in [0.15, 0.2) is 53.6 Å². The number of anilines is 1. The highest BCUT2D eigenvalue weighted by Gasteiger charge is 2.41. The number of methoxy groups -OCH3 is 2. The Labute approximate surface area is 315 Å². The molecule has 2 aromatic rings. The van der Waals surface area contributed by atoms with Gasteiger partial charge in [-0.25, -0.2) is 0 Å². The first-order valence-electron chi connectivity index (χ1n) is 18.4. The third-order valence-corrected chi connectivity index (χ3v) is 11.2. The number of hydrogen-bond acceptors (Lipinski definition) is 8. The zero-order valence-electron chi connectivity index (χ0n) is 32.8. The van der Waals surface area contributed by atoms with Crippen LogP contribution in [0.2, 0.25) is 0 Å². The molecule has 0 aromatic heterocycles. The summed E-state index contributed by atoms with van der Waals surface area (Å²) in [6.07, 6.45) is 14.1. The average molecular weight is 725 g/mol. The number of rotatable bonds is 12. The van der Waals surface area contributed by atoms with E-state index in [-0.39, 0.29) is 40.8 Å². The minimum absolute atomic E-state index is 0.000121. The first-order valence-corrected chi connectivity index (χ1v) is 18.4. The molecule has 2 aromatic carbocycles. The Kier molecular flexibility index (Phi) is 11.6. The van der Waals surface area contributed by atoms with Gasteiger partial charge in [0, 0.05) is 44.5 Å². The van der Waals surface area contributed by atoms with Crippen molar-refractivity contribution < 1.29 is 28.5 Å². The van der Waals surface area contributed by atoms with Crippen molar-refractivity contribution in [3.8, 4) is 35.8 Å². The van der Waals surface area contributed by atoms with E-state index in [0.717, 1.165) is 48.9 Å². The number of likely N-dealkylation sites (N-methyl/N-ethyl adjacent to an activating group) is 1. The summed E-state index contributed by atoms with van der Waals surface area (Å²) in [6, 6.07) is 7.53. The monoisotopic (exact) mass is 724 g/mol. The highest BCUT2D eigenvalue weighted by molar-refractivity contribution is 6.04. The van der Waals surface area contributed by atoms with Gasteiger partial charge in [0.05, 0.1) is 62.0 Å². The zero-order chi connectivity index (χ0) is 38.8. The quantitative estimate of drug-likeness (QED) is 0.163. The molecule has 4 heterocycles. The summed E-state index contributed by atoms with van der Waals surface area (Å²) in [7, 11) is 5.25. The SMILES string of the molecule is C#C.C=C1CC2C=Nc3cc(OCC(C)(C)CCC(C)(C)CCOc4cc5c(cc4OC)C(=O)N4CC(=C)C[C@H]4C(C)N5C)c(OC)cc3C(=O)N2C1. The van der Waals surface area contributed by atoms with E-state index in [0.29, 0.717) is 66.1 Å². The lowest BCUT2D eigenvalue weighted by molar-refractivity contribution is 0.0732. The molecule has 0 bridgehead atoms. The van der Waals surface area contributed by atoms with Gasteiger partial charge in [0.2, 0.25) is 0 Å². The summed E-state index contributed by atoms with van der Waals surface area (Å²) in [5.41, 5.74) is 4.60. The smallest absolute Gasteiger partial charge is 0.257 e. The van der Waals surface area contributed by atoms with Crippen LogP contribution in [0.1, 0.15) is 87.4 Å². The summed E-state index contributed by atoms with van der Waals surface area (Å²) in [5.74, 6) is 2.25. The van der Waals surface area contributed by atoms with Crippen molar-refractivity contribution in [2.75, 3.05) is 52.5 Å². The third-order valence-electron chi connectivity index (χ3n) is 11.2. The summed E-state index contributed by atoms with van der Waals surface area (Å²) in [5, 5.41) is 0. The normalized spacial score (nSPS) is 20.8. The van der Waals surface area contributed by atoms with Crippen molar-refractivity contribution in [3.63, 3.8) is 0 Å². The van der Waals surface area contributed by atoms with Crippen molar-refractivity contribution in [2.24, 2.45) is 15.8 Å². The van der Waals surface area contributed by atoms with Crippen molar-refractivity contribution in [2.45, 2.75) is 84.8 Å². The van der Waals surface area contributed by atoms with Gasteiger partial charge in [-0.2, -0.15) is 0 Å². The Hall–Kier alpha value is -4.91. The lowest BCUT2D eigenvalue weighted by Gasteiger charge is -2.32. The van der Waals surface area contributed by atoms with E-state index in [1.807, 2.05) is 41.3 Å². The number of ether oxygens (including phenoxy) is 4. The second-order valence-electron chi connectivity index (χ2n) is 16.3. The van der Waals surface area contributed by atoms with E-state index in [4.69, 9.17) is 18.9 Å². The molecule has 2 amide bonds. The molecule has 3 atom stereocenters. The Morgan fingerprint density at radius 1 is 0.792 bits per heavy atom. The van der Waals surface area contributed by atoms with Gasteiger partial charge in [0.1, 0.15) is 0 Å². The van der Waals surface area contributed by atoms with E-state index in [2.05, 4.69) is 70.5 Å². The topological polar surface area (TPSA) is 93.1 Å². The number of terminal acetylenes is 1. The van der Waals surface area contributed by atoms with Gasteiger partial charge in [-0.1, -0.05) is 52.0 Å². The zero-order valence-corrected chi connectivity index (χ0v) is 32.8.